The van der Waals surface area contributed by atoms with Crippen LogP contribution in [0.3, 0.4) is 0 Å². The first-order chi connectivity index (χ1) is 15.6. The molecule has 3 aromatic rings. The molecule has 0 aliphatic heterocycles. The Bertz CT molecular complexity index is 1060. The molecule has 0 fully saturated rings. The lowest BCUT2D eigenvalue weighted by molar-refractivity contribution is -0.134. The highest BCUT2D eigenvalue weighted by atomic mass is 31.1. The molecule has 0 aromatic heterocycles. The number of rotatable bonds is 9. The van der Waals surface area contributed by atoms with Crippen LogP contribution in [-0.2, 0) is 9.53 Å². The van der Waals surface area contributed by atoms with Gasteiger partial charge in [-0.25, -0.2) is 4.79 Å². The molecular formula is C25H25O6P. The molecule has 0 saturated heterocycles. The summed E-state index contributed by atoms with van der Waals surface area (Å²) in [5.74, 6) is 2.08. The maximum atomic E-state index is 11.5. The Morgan fingerprint density at radius 3 is 1.69 bits per heavy atom. The van der Waals surface area contributed by atoms with Gasteiger partial charge in [0.25, 0.3) is 0 Å². The molecule has 0 aliphatic carbocycles. The lowest BCUT2D eigenvalue weighted by atomic mass is 10.3. The van der Waals surface area contributed by atoms with Crippen LogP contribution >= 0.6 is 7.92 Å². The van der Waals surface area contributed by atoms with Gasteiger partial charge in [-0.2, -0.15) is 0 Å². The first kappa shape index (κ1) is 23.2. The molecule has 6 nitrogen and oxygen atoms in total. The summed E-state index contributed by atoms with van der Waals surface area (Å²) in [7, 11) is 4.96. The van der Waals surface area contributed by atoms with Crippen molar-refractivity contribution in [3.05, 3.63) is 79.1 Å². The van der Waals surface area contributed by atoms with Crippen molar-refractivity contribution in [3.63, 3.8) is 0 Å². The van der Waals surface area contributed by atoms with Crippen molar-refractivity contribution in [1.82, 2.24) is 0 Å². The number of methoxy groups -OCH3 is 4. The summed E-state index contributed by atoms with van der Waals surface area (Å²) in [4.78, 5) is 11.5. The number of hydrogen-bond acceptors (Lipinski definition) is 6. The Labute approximate surface area is 189 Å². The third-order valence-corrected chi connectivity index (χ3v) is 7.24. The van der Waals surface area contributed by atoms with E-state index in [4.69, 9.17) is 18.9 Å². The normalized spacial score (nSPS) is 11.6. The molecule has 32 heavy (non-hydrogen) atoms. The van der Waals surface area contributed by atoms with Gasteiger partial charge in [-0.15, -0.1) is 0 Å². The van der Waals surface area contributed by atoms with Crippen molar-refractivity contribution in [1.29, 1.82) is 0 Å². The van der Waals surface area contributed by atoms with Crippen LogP contribution in [0.15, 0.2) is 79.1 Å². The van der Waals surface area contributed by atoms with Crippen molar-refractivity contribution < 1.29 is 28.5 Å². The molecule has 1 atom stereocenters. The van der Waals surface area contributed by atoms with Crippen LogP contribution in [0.4, 0.5) is 0 Å². The largest absolute Gasteiger partial charge is 0.496 e. The summed E-state index contributed by atoms with van der Waals surface area (Å²) in [6.07, 6.45) is 2.53. The van der Waals surface area contributed by atoms with Gasteiger partial charge in [-0.1, -0.05) is 42.5 Å². The van der Waals surface area contributed by atoms with Gasteiger partial charge in [0.2, 0.25) is 0 Å². The van der Waals surface area contributed by atoms with E-state index in [0.717, 1.165) is 15.9 Å². The van der Waals surface area contributed by atoms with Gasteiger partial charge in [0.15, 0.2) is 0 Å². The van der Waals surface area contributed by atoms with Gasteiger partial charge in [-0.05, 0) is 29.6 Å². The summed E-state index contributed by atoms with van der Waals surface area (Å²) in [5.41, 5.74) is 0. The minimum Gasteiger partial charge on any atom is -0.496 e. The Hall–Kier alpha value is -3.50. The third kappa shape index (κ3) is 5.04. The second kappa shape index (κ2) is 11.2. The van der Waals surface area contributed by atoms with E-state index in [1.54, 1.807) is 21.3 Å². The molecule has 166 valence electrons. The molecule has 3 aromatic carbocycles. The summed E-state index contributed by atoms with van der Waals surface area (Å²) in [5, 5.41) is 2.77. The predicted molar refractivity (Wildman–Crippen MR) is 127 cm³/mol. The fourth-order valence-corrected chi connectivity index (χ4v) is 5.93. The molecule has 0 amide bonds. The van der Waals surface area contributed by atoms with Crippen LogP contribution in [0, 0.1) is 0 Å². The van der Waals surface area contributed by atoms with Crippen molar-refractivity contribution in [2.24, 2.45) is 0 Å². The van der Waals surface area contributed by atoms with E-state index in [-0.39, 0.29) is 0 Å². The Balaban J connectivity index is 2.28. The van der Waals surface area contributed by atoms with Gasteiger partial charge in [0.05, 0.1) is 51.4 Å². The van der Waals surface area contributed by atoms with Gasteiger partial charge >= 0.3 is 5.97 Å². The number of carbonyl (C=O) groups excluding carboxylic acids is 1. The van der Waals surface area contributed by atoms with Crippen LogP contribution in [-0.4, -0.2) is 34.4 Å². The van der Waals surface area contributed by atoms with E-state index in [2.05, 4.69) is 16.9 Å². The summed E-state index contributed by atoms with van der Waals surface area (Å²) < 4.78 is 27.8. The van der Waals surface area contributed by atoms with E-state index >= 15 is 0 Å². The second-order valence-corrected chi connectivity index (χ2v) is 8.51. The predicted octanol–water partition coefficient (Wildman–Crippen LogP) is 3.54. The van der Waals surface area contributed by atoms with Crippen LogP contribution < -0.4 is 34.9 Å². The summed E-state index contributed by atoms with van der Waals surface area (Å²) >= 11 is 0. The van der Waals surface area contributed by atoms with Crippen molar-refractivity contribution in [3.8, 4) is 23.0 Å². The summed E-state index contributed by atoms with van der Waals surface area (Å²) in [6.45, 7) is 0. The van der Waals surface area contributed by atoms with Crippen molar-refractivity contribution in [2.75, 3.05) is 28.4 Å². The minimum absolute atomic E-state index is 0.508. The first-order valence-corrected chi connectivity index (χ1v) is 11.1. The van der Waals surface area contributed by atoms with Crippen LogP contribution in [0.1, 0.15) is 0 Å². The van der Waals surface area contributed by atoms with Crippen molar-refractivity contribution in [2.45, 2.75) is 0 Å². The Kier molecular flexibility index (Phi) is 8.12. The van der Waals surface area contributed by atoms with Gasteiger partial charge in [0, 0.05) is 7.92 Å². The molecule has 0 radical (unpaired) electrons. The Morgan fingerprint density at radius 2 is 1.19 bits per heavy atom. The van der Waals surface area contributed by atoms with Crippen LogP contribution in [0.25, 0.3) is 0 Å². The highest BCUT2D eigenvalue weighted by molar-refractivity contribution is 7.80. The third-order valence-electron chi connectivity index (χ3n) is 4.65. The van der Waals surface area contributed by atoms with Crippen LogP contribution in [0.2, 0.25) is 0 Å². The van der Waals surface area contributed by atoms with E-state index in [1.165, 1.54) is 19.4 Å². The zero-order chi connectivity index (χ0) is 22.9. The standard InChI is InChI=1S/C25H25O6P/c1-27-19-12-8-13-20(28-2)24(19)32(18-10-6-5-7-11-18)25-21(29-3)14-9-15-22(25)31-17-16-23(26)30-4/h5-17H,1-4H3/b17-16+. The molecule has 0 aliphatic rings. The van der Waals surface area contributed by atoms with E-state index < -0.39 is 13.9 Å². The lowest BCUT2D eigenvalue weighted by Gasteiger charge is -2.26. The number of carbonyl (C=O) groups is 1. The maximum Gasteiger partial charge on any atom is 0.333 e. The van der Waals surface area contributed by atoms with E-state index in [9.17, 15) is 4.79 Å². The minimum atomic E-state index is -1.23. The van der Waals surface area contributed by atoms with E-state index in [1.807, 2.05) is 54.6 Å². The highest BCUT2D eigenvalue weighted by Gasteiger charge is 2.30. The summed E-state index contributed by atoms with van der Waals surface area (Å²) in [6, 6.07) is 21.3. The monoisotopic (exact) mass is 452 g/mol. The lowest BCUT2D eigenvalue weighted by Crippen LogP contribution is -2.25. The van der Waals surface area contributed by atoms with Crippen molar-refractivity contribution >= 4 is 29.8 Å². The molecule has 1 unspecified atom stereocenters. The number of hydrogen-bond donors (Lipinski definition) is 0. The molecule has 0 bridgehead atoms. The van der Waals surface area contributed by atoms with Crippen LogP contribution in [0.5, 0.6) is 23.0 Å². The zero-order valence-electron chi connectivity index (χ0n) is 18.4. The first-order valence-electron chi connectivity index (χ1n) is 9.78. The molecule has 0 saturated carbocycles. The Morgan fingerprint density at radius 1 is 0.688 bits per heavy atom. The molecule has 3 rings (SSSR count). The maximum absolute atomic E-state index is 11.5. The molecule has 7 heteroatoms. The second-order valence-electron chi connectivity index (χ2n) is 6.43. The molecule has 0 spiro atoms. The average molecular weight is 452 g/mol. The van der Waals surface area contributed by atoms with Gasteiger partial charge < -0.3 is 23.7 Å². The molecular weight excluding hydrogens is 427 g/mol. The van der Waals surface area contributed by atoms with Gasteiger partial charge in [0.1, 0.15) is 23.0 Å². The number of benzene rings is 3. The number of esters is 1. The quantitative estimate of drug-likeness (QED) is 0.214. The smallest absolute Gasteiger partial charge is 0.333 e. The average Bonchev–Trinajstić information content (AvgIpc) is 2.85. The SMILES string of the molecule is COC(=O)/C=C/Oc1cccc(OC)c1P(c1ccccc1)c1c(OC)cccc1OC. The fourth-order valence-electron chi connectivity index (χ4n) is 3.21. The topological polar surface area (TPSA) is 63.2 Å². The fraction of sp³-hybridized carbons (Fsp3) is 0.160. The van der Waals surface area contributed by atoms with Gasteiger partial charge in [-0.3, -0.25) is 0 Å². The van der Waals surface area contributed by atoms with E-state index in [0.29, 0.717) is 23.0 Å². The molecule has 0 heterocycles. The zero-order valence-corrected chi connectivity index (χ0v) is 19.3. The molecule has 0 N–H and O–H groups in total. The highest BCUT2D eigenvalue weighted by Crippen LogP contribution is 2.45. The number of ether oxygens (including phenoxy) is 5.